The molecule has 0 aliphatic carbocycles. The van der Waals surface area contributed by atoms with Crippen LogP contribution in [0.4, 0.5) is 0 Å². The molecule has 1 saturated heterocycles. The maximum absolute atomic E-state index is 5.80. The fourth-order valence-corrected chi connectivity index (χ4v) is 2.20. The zero-order valence-corrected chi connectivity index (χ0v) is 8.43. The Balaban J connectivity index is 2.63. The molecular formula is C9H21N3. The highest BCUT2D eigenvalue weighted by Gasteiger charge is 2.36. The first-order chi connectivity index (χ1) is 5.62. The molecular weight excluding hydrogens is 150 g/mol. The Bertz CT molecular complexity index is 149. The summed E-state index contributed by atoms with van der Waals surface area (Å²) in [5, 5.41) is 3.36. The molecule has 0 aromatic heterocycles. The number of nitrogens with one attached hydrogen (secondary N) is 1. The predicted molar refractivity (Wildman–Crippen MR) is 52.1 cm³/mol. The number of nitrogens with zero attached hydrogens (tertiary/aromatic N) is 1. The molecule has 2 atom stereocenters. The minimum atomic E-state index is 0.252. The van der Waals surface area contributed by atoms with Crippen LogP contribution in [0, 0.1) is 5.41 Å². The monoisotopic (exact) mass is 171 g/mol. The predicted octanol–water partition coefficient (Wildman–Crippen LogP) is -0.125. The first-order valence-corrected chi connectivity index (χ1v) is 4.68. The minimum Gasteiger partial charge on any atom is -0.330 e. The van der Waals surface area contributed by atoms with E-state index in [1.54, 1.807) is 0 Å². The first kappa shape index (κ1) is 9.96. The van der Waals surface area contributed by atoms with Gasteiger partial charge in [-0.15, -0.1) is 0 Å². The fraction of sp³-hybridized carbons (Fsp3) is 1.00. The summed E-state index contributed by atoms with van der Waals surface area (Å²) in [4.78, 5) is 2.36. The second kappa shape index (κ2) is 3.73. The van der Waals surface area contributed by atoms with Crippen LogP contribution in [-0.4, -0.2) is 44.7 Å². The Labute approximate surface area is 75.3 Å². The van der Waals surface area contributed by atoms with Crippen LogP contribution in [0.1, 0.15) is 13.3 Å². The van der Waals surface area contributed by atoms with Crippen molar-refractivity contribution in [2.75, 3.05) is 33.7 Å². The standard InChI is InChI=1S/C9H21N3/c1-9(6-10)7-12(3)5-4-8(9)11-2/h8,11H,4-7,10H2,1-3H3. The van der Waals surface area contributed by atoms with Crippen molar-refractivity contribution in [2.45, 2.75) is 19.4 Å². The van der Waals surface area contributed by atoms with Crippen LogP contribution < -0.4 is 11.1 Å². The Kier molecular flexibility index (Phi) is 3.09. The van der Waals surface area contributed by atoms with E-state index in [0.717, 1.165) is 13.1 Å². The lowest BCUT2D eigenvalue weighted by Gasteiger charge is -2.44. The molecule has 3 N–H and O–H groups in total. The van der Waals surface area contributed by atoms with Crippen LogP contribution in [0.5, 0.6) is 0 Å². The van der Waals surface area contributed by atoms with Crippen molar-refractivity contribution in [1.82, 2.24) is 10.2 Å². The minimum absolute atomic E-state index is 0.252. The largest absolute Gasteiger partial charge is 0.330 e. The molecule has 1 heterocycles. The Morgan fingerprint density at radius 2 is 2.33 bits per heavy atom. The number of hydrogen-bond donors (Lipinski definition) is 2. The van der Waals surface area contributed by atoms with Crippen LogP contribution in [0.2, 0.25) is 0 Å². The highest BCUT2D eigenvalue weighted by Crippen LogP contribution is 2.27. The van der Waals surface area contributed by atoms with Gasteiger partial charge < -0.3 is 16.0 Å². The van der Waals surface area contributed by atoms with Crippen molar-refractivity contribution in [3.8, 4) is 0 Å². The molecule has 0 spiro atoms. The van der Waals surface area contributed by atoms with E-state index in [9.17, 15) is 0 Å². The second-order valence-corrected chi connectivity index (χ2v) is 4.23. The number of hydrogen-bond acceptors (Lipinski definition) is 3. The number of nitrogens with two attached hydrogens (primary N) is 1. The van der Waals surface area contributed by atoms with E-state index in [-0.39, 0.29) is 5.41 Å². The van der Waals surface area contributed by atoms with Gasteiger partial charge in [-0.25, -0.2) is 0 Å². The summed E-state index contributed by atoms with van der Waals surface area (Å²) in [5.74, 6) is 0. The summed E-state index contributed by atoms with van der Waals surface area (Å²) in [6.45, 7) is 5.32. The molecule has 1 aliphatic rings. The van der Waals surface area contributed by atoms with Crippen molar-refractivity contribution in [3.63, 3.8) is 0 Å². The molecule has 0 amide bonds. The molecule has 0 aromatic carbocycles. The van der Waals surface area contributed by atoms with Crippen LogP contribution in [0.25, 0.3) is 0 Å². The smallest absolute Gasteiger partial charge is 0.0154 e. The zero-order valence-electron chi connectivity index (χ0n) is 8.43. The molecule has 1 fully saturated rings. The van der Waals surface area contributed by atoms with Crippen molar-refractivity contribution in [2.24, 2.45) is 11.1 Å². The van der Waals surface area contributed by atoms with Crippen molar-refractivity contribution < 1.29 is 0 Å². The molecule has 0 aromatic rings. The molecule has 0 saturated carbocycles. The lowest BCUT2D eigenvalue weighted by molar-refractivity contribution is 0.0918. The van der Waals surface area contributed by atoms with E-state index in [2.05, 4.69) is 24.2 Å². The Hall–Kier alpha value is -0.120. The molecule has 0 radical (unpaired) electrons. The van der Waals surface area contributed by atoms with Crippen LogP contribution >= 0.6 is 0 Å². The molecule has 1 rings (SSSR count). The normalized spacial score (nSPS) is 38.5. The topological polar surface area (TPSA) is 41.3 Å². The summed E-state index contributed by atoms with van der Waals surface area (Å²) >= 11 is 0. The van der Waals surface area contributed by atoms with Gasteiger partial charge in [-0.2, -0.15) is 0 Å². The van der Waals surface area contributed by atoms with Gasteiger partial charge in [0.1, 0.15) is 0 Å². The van der Waals surface area contributed by atoms with E-state index in [1.165, 1.54) is 13.0 Å². The quantitative estimate of drug-likeness (QED) is 0.608. The molecule has 0 bridgehead atoms. The summed E-state index contributed by atoms with van der Waals surface area (Å²) in [6, 6.07) is 0.582. The summed E-state index contributed by atoms with van der Waals surface area (Å²) in [7, 11) is 4.20. The van der Waals surface area contributed by atoms with Crippen LogP contribution in [-0.2, 0) is 0 Å². The van der Waals surface area contributed by atoms with Crippen molar-refractivity contribution in [1.29, 1.82) is 0 Å². The van der Waals surface area contributed by atoms with Crippen LogP contribution in [0.3, 0.4) is 0 Å². The van der Waals surface area contributed by atoms with Crippen molar-refractivity contribution >= 4 is 0 Å². The maximum Gasteiger partial charge on any atom is 0.0154 e. The van der Waals surface area contributed by atoms with E-state index < -0.39 is 0 Å². The number of rotatable bonds is 2. The van der Waals surface area contributed by atoms with Crippen LogP contribution in [0.15, 0.2) is 0 Å². The highest BCUT2D eigenvalue weighted by molar-refractivity contribution is 4.93. The second-order valence-electron chi connectivity index (χ2n) is 4.23. The van der Waals surface area contributed by atoms with Gasteiger partial charge in [0.2, 0.25) is 0 Å². The third-order valence-electron chi connectivity index (χ3n) is 3.09. The van der Waals surface area contributed by atoms with Crippen molar-refractivity contribution in [3.05, 3.63) is 0 Å². The molecule has 3 heteroatoms. The highest BCUT2D eigenvalue weighted by atomic mass is 15.1. The van der Waals surface area contributed by atoms with E-state index in [0.29, 0.717) is 6.04 Å². The third kappa shape index (κ3) is 1.79. The Morgan fingerprint density at radius 3 is 2.83 bits per heavy atom. The van der Waals surface area contributed by atoms with Gasteiger partial charge in [0, 0.05) is 24.5 Å². The third-order valence-corrected chi connectivity index (χ3v) is 3.09. The van der Waals surface area contributed by atoms with Gasteiger partial charge >= 0.3 is 0 Å². The molecule has 3 nitrogen and oxygen atoms in total. The lowest BCUT2D eigenvalue weighted by atomic mass is 9.77. The van der Waals surface area contributed by atoms with Gasteiger partial charge in [-0.3, -0.25) is 0 Å². The van der Waals surface area contributed by atoms with Gasteiger partial charge in [0.05, 0.1) is 0 Å². The molecule has 72 valence electrons. The lowest BCUT2D eigenvalue weighted by Crippen LogP contribution is -2.57. The zero-order chi connectivity index (χ0) is 9.19. The molecule has 2 unspecified atom stereocenters. The summed E-state index contributed by atoms with van der Waals surface area (Å²) in [6.07, 6.45) is 1.21. The average Bonchev–Trinajstić information content (AvgIpc) is 2.05. The maximum atomic E-state index is 5.80. The number of piperidine rings is 1. The van der Waals surface area contributed by atoms with Gasteiger partial charge in [-0.05, 0) is 27.1 Å². The fourth-order valence-electron chi connectivity index (χ4n) is 2.20. The SMILES string of the molecule is CNC1CCN(C)CC1(C)CN. The van der Waals surface area contributed by atoms with E-state index >= 15 is 0 Å². The molecule has 1 aliphatic heterocycles. The van der Waals surface area contributed by atoms with Gasteiger partial charge in [0.25, 0.3) is 0 Å². The summed E-state index contributed by atoms with van der Waals surface area (Å²) in [5.41, 5.74) is 6.05. The first-order valence-electron chi connectivity index (χ1n) is 4.68. The van der Waals surface area contributed by atoms with Gasteiger partial charge in [-0.1, -0.05) is 6.92 Å². The van der Waals surface area contributed by atoms with E-state index in [1.807, 2.05) is 7.05 Å². The number of likely N-dealkylation sites (tertiary alicyclic amines) is 1. The van der Waals surface area contributed by atoms with Gasteiger partial charge in [0.15, 0.2) is 0 Å². The summed E-state index contributed by atoms with van der Waals surface area (Å²) < 4.78 is 0. The molecule has 12 heavy (non-hydrogen) atoms. The Morgan fingerprint density at radius 1 is 1.67 bits per heavy atom. The van der Waals surface area contributed by atoms with E-state index in [4.69, 9.17) is 5.73 Å². The average molecular weight is 171 g/mol.